The van der Waals surface area contributed by atoms with Gasteiger partial charge < -0.3 is 16.0 Å². The normalized spacial score (nSPS) is 20.2. The van der Waals surface area contributed by atoms with E-state index in [1.54, 1.807) is 6.07 Å². The van der Waals surface area contributed by atoms with Crippen molar-refractivity contribution in [1.29, 1.82) is 0 Å². The second-order valence-corrected chi connectivity index (χ2v) is 5.21. The monoisotopic (exact) mass is 265 g/mol. The molecule has 1 unspecified atom stereocenters. The summed E-state index contributed by atoms with van der Waals surface area (Å²) in [6, 6.07) is 4.38. The Bertz CT molecular complexity index is 464. The van der Waals surface area contributed by atoms with Crippen LogP contribution in [0.15, 0.2) is 18.2 Å². The van der Waals surface area contributed by atoms with Crippen LogP contribution in [0.1, 0.15) is 23.2 Å². The third-order valence-electron chi connectivity index (χ3n) is 3.55. The first kappa shape index (κ1) is 13.8. The Morgan fingerprint density at radius 2 is 2.37 bits per heavy atom. The van der Waals surface area contributed by atoms with Crippen molar-refractivity contribution >= 4 is 11.6 Å². The number of nitrogens with two attached hydrogens (primary N) is 1. The van der Waals surface area contributed by atoms with Crippen LogP contribution >= 0.6 is 0 Å². The van der Waals surface area contributed by atoms with Gasteiger partial charge in [0.05, 0.1) is 5.56 Å². The van der Waals surface area contributed by atoms with Crippen molar-refractivity contribution in [2.45, 2.75) is 12.8 Å². The number of anilines is 1. The zero-order valence-electron chi connectivity index (χ0n) is 11.2. The predicted octanol–water partition coefficient (Wildman–Crippen LogP) is 1.68. The first-order valence-electron chi connectivity index (χ1n) is 6.58. The molecular weight excluding hydrogens is 245 g/mol. The van der Waals surface area contributed by atoms with Crippen LogP contribution < -0.4 is 11.1 Å². The number of nitrogens with zero attached hydrogens (tertiary/aromatic N) is 1. The first-order chi connectivity index (χ1) is 9.06. The predicted molar refractivity (Wildman–Crippen MR) is 73.6 cm³/mol. The van der Waals surface area contributed by atoms with E-state index in [1.807, 2.05) is 0 Å². The minimum atomic E-state index is -0.737. The number of piperidine rings is 1. The number of rotatable bonds is 4. The number of amides is 1. The van der Waals surface area contributed by atoms with Crippen LogP contribution in [0.4, 0.5) is 10.1 Å². The van der Waals surface area contributed by atoms with E-state index in [4.69, 9.17) is 5.73 Å². The Hall–Kier alpha value is -1.62. The molecule has 0 bridgehead atoms. The van der Waals surface area contributed by atoms with Gasteiger partial charge in [-0.05, 0) is 50.6 Å². The number of likely N-dealkylation sites (tertiary alicyclic amines) is 1. The third kappa shape index (κ3) is 3.67. The van der Waals surface area contributed by atoms with Gasteiger partial charge in [0.2, 0.25) is 0 Å². The van der Waals surface area contributed by atoms with E-state index in [0.717, 1.165) is 25.3 Å². The van der Waals surface area contributed by atoms with Crippen LogP contribution in [-0.4, -0.2) is 37.5 Å². The number of primary amides is 1. The van der Waals surface area contributed by atoms with E-state index in [1.165, 1.54) is 25.0 Å². The summed E-state index contributed by atoms with van der Waals surface area (Å²) in [6.45, 7) is 3.05. The molecule has 1 atom stereocenters. The lowest BCUT2D eigenvalue weighted by atomic mass is 9.98. The zero-order chi connectivity index (χ0) is 13.8. The molecule has 0 aliphatic carbocycles. The van der Waals surface area contributed by atoms with Gasteiger partial charge >= 0.3 is 0 Å². The van der Waals surface area contributed by atoms with Crippen molar-refractivity contribution in [2.24, 2.45) is 11.7 Å². The minimum Gasteiger partial charge on any atom is -0.385 e. The molecule has 1 aromatic carbocycles. The molecule has 1 heterocycles. The largest absolute Gasteiger partial charge is 0.385 e. The Morgan fingerprint density at radius 1 is 1.58 bits per heavy atom. The molecular formula is C14H20FN3O. The maximum absolute atomic E-state index is 13.3. The number of halogens is 1. The molecule has 3 N–H and O–H groups in total. The van der Waals surface area contributed by atoms with E-state index in [-0.39, 0.29) is 5.56 Å². The number of carbonyl (C=O) groups is 1. The average molecular weight is 265 g/mol. The van der Waals surface area contributed by atoms with Gasteiger partial charge in [0.25, 0.3) is 5.91 Å². The number of carbonyl (C=O) groups excluding carboxylic acids is 1. The third-order valence-corrected chi connectivity index (χ3v) is 3.55. The van der Waals surface area contributed by atoms with E-state index in [2.05, 4.69) is 17.3 Å². The van der Waals surface area contributed by atoms with Gasteiger partial charge in [-0.1, -0.05) is 0 Å². The SMILES string of the molecule is CN1CCCC(CNc2ccc(F)c(C(N)=O)c2)C1. The molecule has 104 valence electrons. The number of nitrogens with one attached hydrogen (secondary N) is 1. The Balaban J connectivity index is 1.96. The molecule has 1 amide bonds. The van der Waals surface area contributed by atoms with Gasteiger partial charge in [-0.3, -0.25) is 4.79 Å². The molecule has 2 rings (SSSR count). The quantitative estimate of drug-likeness (QED) is 0.870. The summed E-state index contributed by atoms with van der Waals surface area (Å²) < 4.78 is 13.3. The fourth-order valence-corrected chi connectivity index (χ4v) is 2.53. The number of hydrogen-bond donors (Lipinski definition) is 2. The van der Waals surface area contributed by atoms with Crippen LogP contribution in [0.25, 0.3) is 0 Å². The van der Waals surface area contributed by atoms with Crippen molar-refractivity contribution in [3.8, 4) is 0 Å². The molecule has 0 spiro atoms. The summed E-state index contributed by atoms with van der Waals surface area (Å²) in [5, 5.41) is 3.26. The number of benzene rings is 1. The summed E-state index contributed by atoms with van der Waals surface area (Å²) in [5.74, 6) is -0.727. The fraction of sp³-hybridized carbons (Fsp3) is 0.500. The van der Waals surface area contributed by atoms with E-state index in [0.29, 0.717) is 5.92 Å². The molecule has 1 aromatic rings. The first-order valence-corrected chi connectivity index (χ1v) is 6.58. The average Bonchev–Trinajstić information content (AvgIpc) is 2.37. The summed E-state index contributed by atoms with van der Waals surface area (Å²) >= 11 is 0. The van der Waals surface area contributed by atoms with Crippen LogP contribution in [0.5, 0.6) is 0 Å². The molecule has 0 saturated carbocycles. The zero-order valence-corrected chi connectivity index (χ0v) is 11.2. The Labute approximate surface area is 112 Å². The van der Waals surface area contributed by atoms with Crippen molar-refractivity contribution in [3.63, 3.8) is 0 Å². The Morgan fingerprint density at radius 3 is 3.05 bits per heavy atom. The highest BCUT2D eigenvalue weighted by molar-refractivity contribution is 5.94. The molecule has 1 fully saturated rings. The van der Waals surface area contributed by atoms with E-state index in [9.17, 15) is 9.18 Å². The van der Waals surface area contributed by atoms with Crippen LogP contribution in [0.2, 0.25) is 0 Å². The van der Waals surface area contributed by atoms with Gasteiger partial charge in [-0.2, -0.15) is 0 Å². The number of hydrogen-bond acceptors (Lipinski definition) is 3. The maximum Gasteiger partial charge on any atom is 0.251 e. The second-order valence-electron chi connectivity index (χ2n) is 5.21. The van der Waals surface area contributed by atoms with E-state index < -0.39 is 11.7 Å². The van der Waals surface area contributed by atoms with Crippen LogP contribution in [0.3, 0.4) is 0 Å². The van der Waals surface area contributed by atoms with Crippen molar-refractivity contribution < 1.29 is 9.18 Å². The van der Waals surface area contributed by atoms with E-state index >= 15 is 0 Å². The lowest BCUT2D eigenvalue weighted by Crippen LogP contribution is -2.35. The molecule has 1 saturated heterocycles. The van der Waals surface area contributed by atoms with Crippen molar-refractivity contribution in [2.75, 3.05) is 32.0 Å². The molecule has 0 aromatic heterocycles. The second kappa shape index (κ2) is 6.02. The van der Waals surface area contributed by atoms with Gasteiger partial charge in [0.1, 0.15) is 5.82 Å². The van der Waals surface area contributed by atoms with Crippen molar-refractivity contribution in [1.82, 2.24) is 4.90 Å². The van der Waals surface area contributed by atoms with Gasteiger partial charge in [-0.25, -0.2) is 4.39 Å². The van der Waals surface area contributed by atoms with Crippen LogP contribution in [0, 0.1) is 11.7 Å². The molecule has 1 aliphatic rings. The summed E-state index contributed by atoms with van der Waals surface area (Å²) in [4.78, 5) is 13.4. The molecule has 19 heavy (non-hydrogen) atoms. The molecule has 4 nitrogen and oxygen atoms in total. The fourth-order valence-electron chi connectivity index (χ4n) is 2.53. The highest BCUT2D eigenvalue weighted by atomic mass is 19.1. The standard InChI is InChI=1S/C14H20FN3O/c1-18-6-2-3-10(9-18)8-17-11-4-5-13(15)12(7-11)14(16)19/h4-5,7,10,17H,2-3,6,8-9H2,1H3,(H2,16,19). The minimum absolute atomic E-state index is 0.0641. The summed E-state index contributed by atoms with van der Waals surface area (Å²) in [5.41, 5.74) is 5.80. The topological polar surface area (TPSA) is 58.4 Å². The molecule has 0 radical (unpaired) electrons. The smallest absolute Gasteiger partial charge is 0.251 e. The van der Waals surface area contributed by atoms with Gasteiger partial charge in [0.15, 0.2) is 0 Å². The van der Waals surface area contributed by atoms with Crippen molar-refractivity contribution in [3.05, 3.63) is 29.6 Å². The van der Waals surface area contributed by atoms with Crippen LogP contribution in [-0.2, 0) is 0 Å². The summed E-state index contributed by atoms with van der Waals surface area (Å²) in [7, 11) is 2.12. The molecule has 1 aliphatic heterocycles. The van der Waals surface area contributed by atoms with Gasteiger partial charge in [-0.15, -0.1) is 0 Å². The van der Waals surface area contributed by atoms with Gasteiger partial charge in [0, 0.05) is 18.8 Å². The lowest BCUT2D eigenvalue weighted by molar-refractivity contribution is 0.0996. The lowest BCUT2D eigenvalue weighted by Gasteiger charge is -2.30. The highest BCUT2D eigenvalue weighted by Gasteiger charge is 2.17. The highest BCUT2D eigenvalue weighted by Crippen LogP contribution is 2.18. The molecule has 5 heteroatoms. The summed E-state index contributed by atoms with van der Waals surface area (Å²) in [6.07, 6.45) is 2.40. The Kier molecular flexibility index (Phi) is 4.37. The maximum atomic E-state index is 13.3.